The van der Waals surface area contributed by atoms with Gasteiger partial charge in [-0.05, 0) is 66.8 Å². The Kier molecular flexibility index (Phi) is 7.42. The average molecular weight is 486 g/mol. The highest BCUT2D eigenvalue weighted by Crippen LogP contribution is 2.30. The first-order valence-electron chi connectivity index (χ1n) is 12.8. The molecule has 3 aromatic carbocycles. The highest BCUT2D eigenvalue weighted by atomic mass is 19.1. The fourth-order valence-electron chi connectivity index (χ4n) is 5.34. The Morgan fingerprint density at radius 1 is 1.00 bits per heavy atom. The second-order valence-electron chi connectivity index (χ2n) is 9.73. The minimum Gasteiger partial charge on any atom is -0.352 e. The number of likely N-dealkylation sites (tertiary alicyclic amines) is 1. The summed E-state index contributed by atoms with van der Waals surface area (Å²) in [5, 5.41) is 3.03. The van der Waals surface area contributed by atoms with Crippen molar-refractivity contribution in [3.05, 3.63) is 106 Å². The lowest BCUT2D eigenvalue weighted by atomic mass is 9.95. The van der Waals surface area contributed by atoms with Crippen molar-refractivity contribution in [1.29, 1.82) is 0 Å². The number of nitrogens with zero attached hydrogens (tertiary/aromatic N) is 2. The van der Waals surface area contributed by atoms with Gasteiger partial charge in [-0.15, -0.1) is 0 Å². The minimum absolute atomic E-state index is 0.0963. The third-order valence-corrected chi connectivity index (χ3v) is 7.24. The topological polar surface area (TPSA) is 52.7 Å². The number of fused-ring (bicyclic) bond motifs is 1. The number of carbonyl (C=O) groups excluding carboxylic acids is 2. The molecule has 186 valence electrons. The number of amides is 2. The van der Waals surface area contributed by atoms with E-state index in [1.54, 1.807) is 29.2 Å². The normalized spacial score (nSPS) is 17.8. The molecule has 0 radical (unpaired) electrons. The van der Waals surface area contributed by atoms with E-state index in [0.29, 0.717) is 36.8 Å². The minimum atomic E-state index is -0.294. The molecule has 2 amide bonds. The van der Waals surface area contributed by atoms with Crippen LogP contribution in [0.4, 0.5) is 4.39 Å². The van der Waals surface area contributed by atoms with Gasteiger partial charge in [0.2, 0.25) is 0 Å². The van der Waals surface area contributed by atoms with Gasteiger partial charge >= 0.3 is 0 Å². The number of carbonyl (C=O) groups is 2. The maximum absolute atomic E-state index is 13.2. The molecule has 0 spiro atoms. The van der Waals surface area contributed by atoms with Gasteiger partial charge in [0, 0.05) is 43.3 Å². The van der Waals surface area contributed by atoms with Crippen LogP contribution in [0.1, 0.15) is 69.1 Å². The largest absolute Gasteiger partial charge is 0.352 e. The summed E-state index contributed by atoms with van der Waals surface area (Å²) in [6.45, 7) is 3.54. The van der Waals surface area contributed by atoms with Crippen molar-refractivity contribution in [3.63, 3.8) is 0 Å². The molecule has 0 aliphatic carbocycles. The van der Waals surface area contributed by atoms with Gasteiger partial charge in [0.25, 0.3) is 11.8 Å². The van der Waals surface area contributed by atoms with Crippen LogP contribution in [-0.4, -0.2) is 41.2 Å². The van der Waals surface area contributed by atoms with E-state index in [9.17, 15) is 14.0 Å². The van der Waals surface area contributed by atoms with E-state index in [0.717, 1.165) is 30.6 Å². The number of nitrogens with one attached hydrogen (secondary N) is 1. The van der Waals surface area contributed by atoms with E-state index in [1.807, 2.05) is 6.07 Å². The Morgan fingerprint density at radius 2 is 1.81 bits per heavy atom. The molecule has 36 heavy (non-hydrogen) atoms. The van der Waals surface area contributed by atoms with Crippen LogP contribution in [0.3, 0.4) is 0 Å². The van der Waals surface area contributed by atoms with Crippen LogP contribution in [0.2, 0.25) is 0 Å². The Hall–Kier alpha value is -3.51. The number of hydrogen-bond acceptors (Lipinski definition) is 3. The predicted molar refractivity (Wildman–Crippen MR) is 138 cm³/mol. The summed E-state index contributed by atoms with van der Waals surface area (Å²) in [6.07, 6.45) is 4.53. The van der Waals surface area contributed by atoms with Gasteiger partial charge in [-0.25, -0.2) is 4.39 Å². The first-order valence-corrected chi connectivity index (χ1v) is 12.8. The standard InChI is InChI=1S/C30H32FN3O2/c31-26-14-10-22(11-15-26)20-34-21-25-13-12-24(19-27(25)30(34)36)29(35)32-16-6-18-33-17-5-4-9-28(33)23-7-2-1-3-8-23/h1-3,7-8,10-15,19,28H,4-6,9,16-18,20-21H2,(H,32,35). The summed E-state index contributed by atoms with van der Waals surface area (Å²) in [7, 11) is 0. The van der Waals surface area contributed by atoms with Crippen molar-refractivity contribution >= 4 is 11.8 Å². The zero-order valence-electron chi connectivity index (χ0n) is 20.5. The van der Waals surface area contributed by atoms with Crippen LogP contribution in [0.5, 0.6) is 0 Å². The van der Waals surface area contributed by atoms with E-state index in [2.05, 4.69) is 40.5 Å². The van der Waals surface area contributed by atoms with Crippen molar-refractivity contribution in [2.75, 3.05) is 19.6 Å². The summed E-state index contributed by atoms with van der Waals surface area (Å²) in [5.74, 6) is -0.542. The molecule has 2 aliphatic rings. The number of rotatable bonds is 8. The molecule has 2 heterocycles. The smallest absolute Gasteiger partial charge is 0.254 e. The molecule has 0 aromatic heterocycles. The molecule has 5 rings (SSSR count). The zero-order valence-corrected chi connectivity index (χ0v) is 20.5. The number of hydrogen-bond donors (Lipinski definition) is 1. The second-order valence-corrected chi connectivity index (χ2v) is 9.73. The van der Waals surface area contributed by atoms with Gasteiger partial charge in [0.15, 0.2) is 0 Å². The van der Waals surface area contributed by atoms with Gasteiger partial charge in [-0.1, -0.05) is 55.0 Å². The predicted octanol–water partition coefficient (Wildman–Crippen LogP) is 5.33. The maximum atomic E-state index is 13.2. The molecular weight excluding hydrogens is 453 g/mol. The van der Waals surface area contributed by atoms with Crippen LogP contribution < -0.4 is 5.32 Å². The number of benzene rings is 3. The molecule has 1 saturated heterocycles. The second kappa shape index (κ2) is 11.0. The van der Waals surface area contributed by atoms with E-state index >= 15 is 0 Å². The Labute approximate surface area is 211 Å². The quantitative estimate of drug-likeness (QED) is 0.439. The van der Waals surface area contributed by atoms with Crippen LogP contribution in [0, 0.1) is 5.82 Å². The van der Waals surface area contributed by atoms with E-state index in [4.69, 9.17) is 0 Å². The third-order valence-electron chi connectivity index (χ3n) is 7.24. The molecule has 5 nitrogen and oxygen atoms in total. The molecule has 3 aromatic rings. The van der Waals surface area contributed by atoms with E-state index in [1.165, 1.54) is 37.0 Å². The van der Waals surface area contributed by atoms with E-state index < -0.39 is 0 Å². The SMILES string of the molecule is O=C(NCCCN1CCCCC1c1ccccc1)c1ccc2c(c1)C(=O)N(Cc1ccc(F)cc1)C2. The highest BCUT2D eigenvalue weighted by Gasteiger charge is 2.28. The summed E-state index contributed by atoms with van der Waals surface area (Å²) >= 11 is 0. The molecule has 0 bridgehead atoms. The Morgan fingerprint density at radius 3 is 2.61 bits per heavy atom. The van der Waals surface area contributed by atoms with Crippen molar-refractivity contribution in [2.45, 2.75) is 44.8 Å². The molecule has 1 N–H and O–H groups in total. The van der Waals surface area contributed by atoms with Gasteiger partial charge in [-0.3, -0.25) is 14.5 Å². The van der Waals surface area contributed by atoms with Crippen LogP contribution in [0.25, 0.3) is 0 Å². The van der Waals surface area contributed by atoms with E-state index in [-0.39, 0.29) is 17.6 Å². The molecule has 1 unspecified atom stereocenters. The molecule has 0 saturated carbocycles. The first kappa shape index (κ1) is 24.2. The van der Waals surface area contributed by atoms with Crippen molar-refractivity contribution in [2.24, 2.45) is 0 Å². The van der Waals surface area contributed by atoms with Crippen LogP contribution in [0.15, 0.2) is 72.8 Å². The number of piperidine rings is 1. The van der Waals surface area contributed by atoms with Gasteiger partial charge < -0.3 is 10.2 Å². The molecule has 6 heteroatoms. The van der Waals surface area contributed by atoms with Gasteiger partial charge in [-0.2, -0.15) is 0 Å². The Balaban J connectivity index is 1.13. The fourth-order valence-corrected chi connectivity index (χ4v) is 5.34. The van der Waals surface area contributed by atoms with Crippen molar-refractivity contribution in [3.8, 4) is 0 Å². The van der Waals surface area contributed by atoms with Gasteiger partial charge in [0.1, 0.15) is 5.82 Å². The average Bonchev–Trinajstić information content (AvgIpc) is 3.22. The molecule has 1 atom stereocenters. The van der Waals surface area contributed by atoms with Crippen LogP contribution >= 0.6 is 0 Å². The third kappa shape index (κ3) is 5.49. The first-order chi connectivity index (χ1) is 17.6. The summed E-state index contributed by atoms with van der Waals surface area (Å²) in [5.41, 5.74) is 4.24. The maximum Gasteiger partial charge on any atom is 0.254 e. The van der Waals surface area contributed by atoms with Gasteiger partial charge in [0.05, 0.1) is 0 Å². The lowest BCUT2D eigenvalue weighted by Crippen LogP contribution is -2.36. The Bertz CT molecular complexity index is 1210. The van der Waals surface area contributed by atoms with Crippen LogP contribution in [-0.2, 0) is 13.1 Å². The lowest BCUT2D eigenvalue weighted by molar-refractivity contribution is 0.0766. The highest BCUT2D eigenvalue weighted by molar-refractivity contribution is 6.02. The lowest BCUT2D eigenvalue weighted by Gasteiger charge is -2.36. The number of halogens is 1. The molecular formula is C30H32FN3O2. The van der Waals surface area contributed by atoms with Crippen molar-refractivity contribution in [1.82, 2.24) is 15.1 Å². The fraction of sp³-hybridized carbons (Fsp3) is 0.333. The monoisotopic (exact) mass is 485 g/mol. The summed E-state index contributed by atoms with van der Waals surface area (Å²) in [6, 6.07) is 22.7. The van der Waals surface area contributed by atoms with Crippen molar-refractivity contribution < 1.29 is 14.0 Å². The molecule has 1 fully saturated rings. The molecule has 2 aliphatic heterocycles. The summed E-state index contributed by atoms with van der Waals surface area (Å²) < 4.78 is 13.2. The zero-order chi connectivity index (χ0) is 24.9. The summed E-state index contributed by atoms with van der Waals surface area (Å²) in [4.78, 5) is 30.0.